The molecule has 0 radical (unpaired) electrons. The predicted octanol–water partition coefficient (Wildman–Crippen LogP) is 2.37. The number of nitro groups is 1. The molecule has 7 nitrogen and oxygen atoms in total. The summed E-state index contributed by atoms with van der Waals surface area (Å²) in [7, 11) is -3.99. The van der Waals surface area contributed by atoms with E-state index in [2.05, 4.69) is 6.07 Å². The number of anilines is 1. The van der Waals surface area contributed by atoms with E-state index in [1.807, 2.05) is 30.0 Å². The molecule has 0 spiro atoms. The Morgan fingerprint density at radius 3 is 2.62 bits per heavy atom. The molecular formula is C16H17N3O4S. The Hall–Kier alpha value is -2.45. The van der Waals surface area contributed by atoms with Crippen molar-refractivity contribution in [3.05, 3.63) is 63.7 Å². The van der Waals surface area contributed by atoms with E-state index in [0.717, 1.165) is 18.1 Å². The minimum Gasteiger partial charge on any atom is -0.359 e. The Bertz CT molecular complexity index is 911. The third-order valence-corrected chi connectivity index (χ3v) is 5.29. The van der Waals surface area contributed by atoms with E-state index in [4.69, 9.17) is 5.14 Å². The summed E-state index contributed by atoms with van der Waals surface area (Å²) in [5.74, 6) is 0. The van der Waals surface area contributed by atoms with Crippen LogP contribution in [0.1, 0.15) is 24.1 Å². The van der Waals surface area contributed by atoms with Crippen LogP contribution in [0.4, 0.5) is 11.4 Å². The molecule has 1 atom stereocenters. The first-order chi connectivity index (χ1) is 11.3. The monoisotopic (exact) mass is 347 g/mol. The van der Waals surface area contributed by atoms with Crippen molar-refractivity contribution >= 4 is 21.4 Å². The van der Waals surface area contributed by atoms with Gasteiger partial charge in [0.05, 0.1) is 15.9 Å². The highest BCUT2D eigenvalue weighted by Gasteiger charge is 2.29. The molecule has 0 fully saturated rings. The van der Waals surface area contributed by atoms with Crippen molar-refractivity contribution in [1.29, 1.82) is 0 Å². The summed E-state index contributed by atoms with van der Waals surface area (Å²) in [5, 5.41) is 16.5. The number of hydrogen-bond acceptors (Lipinski definition) is 5. The number of rotatable bonds is 3. The van der Waals surface area contributed by atoms with Crippen LogP contribution in [0.5, 0.6) is 0 Å². The van der Waals surface area contributed by atoms with Crippen molar-refractivity contribution in [2.45, 2.75) is 24.3 Å². The average molecular weight is 347 g/mol. The third-order valence-electron chi connectivity index (χ3n) is 4.38. The number of nitrogens with two attached hydrogens (primary N) is 1. The molecule has 2 aromatic carbocycles. The molecule has 3 rings (SSSR count). The Balaban J connectivity index is 2.08. The molecule has 2 aromatic rings. The normalized spacial score (nSPS) is 17.4. The molecule has 1 heterocycles. The number of nitrogens with zero attached hydrogens (tertiary/aromatic N) is 2. The molecule has 0 saturated carbocycles. The van der Waals surface area contributed by atoms with E-state index in [-0.39, 0.29) is 16.6 Å². The van der Waals surface area contributed by atoms with Crippen molar-refractivity contribution in [2.75, 3.05) is 11.4 Å². The molecule has 0 saturated heterocycles. The molecule has 2 N–H and O–H groups in total. The van der Waals surface area contributed by atoms with Crippen LogP contribution in [0.3, 0.4) is 0 Å². The molecule has 1 unspecified atom stereocenters. The van der Waals surface area contributed by atoms with Gasteiger partial charge in [0.15, 0.2) is 0 Å². The van der Waals surface area contributed by atoms with Crippen molar-refractivity contribution < 1.29 is 13.3 Å². The fourth-order valence-corrected chi connectivity index (χ4v) is 3.70. The fourth-order valence-electron chi connectivity index (χ4n) is 3.17. The lowest BCUT2D eigenvalue weighted by atomic mass is 9.93. The predicted molar refractivity (Wildman–Crippen MR) is 90.4 cm³/mol. The lowest BCUT2D eigenvalue weighted by Gasteiger charge is -2.36. The number of primary sulfonamides is 1. The maximum atomic E-state index is 11.5. The molecule has 1 aliphatic heterocycles. The highest BCUT2D eigenvalue weighted by molar-refractivity contribution is 7.89. The van der Waals surface area contributed by atoms with Gasteiger partial charge in [-0.1, -0.05) is 24.3 Å². The SMILES string of the molecule is CC1c2ccccc2CCN1c1ccc(S(N)(=O)=O)cc1[N+](=O)[O-]. The summed E-state index contributed by atoms with van der Waals surface area (Å²) >= 11 is 0. The van der Waals surface area contributed by atoms with E-state index in [1.54, 1.807) is 0 Å². The number of fused-ring (bicyclic) bond motifs is 1. The van der Waals surface area contributed by atoms with Gasteiger partial charge >= 0.3 is 0 Å². The highest BCUT2D eigenvalue weighted by atomic mass is 32.2. The number of sulfonamides is 1. The molecule has 126 valence electrons. The fraction of sp³-hybridized carbons (Fsp3) is 0.250. The summed E-state index contributed by atoms with van der Waals surface area (Å²) in [4.78, 5) is 12.5. The van der Waals surface area contributed by atoms with Gasteiger partial charge in [0.1, 0.15) is 5.69 Å². The second-order valence-corrected chi connectivity index (χ2v) is 7.33. The summed E-state index contributed by atoms with van der Waals surface area (Å²) in [6.45, 7) is 2.60. The standard InChI is InChI=1S/C16H17N3O4S/c1-11-14-5-3-2-4-12(14)8-9-18(11)15-7-6-13(24(17,22)23)10-16(15)19(20)21/h2-7,10-11H,8-9H2,1H3,(H2,17,22,23). The quantitative estimate of drug-likeness (QED) is 0.677. The Labute approximate surface area is 139 Å². The van der Waals surface area contributed by atoms with Crippen molar-refractivity contribution in [3.8, 4) is 0 Å². The van der Waals surface area contributed by atoms with Crippen molar-refractivity contribution in [3.63, 3.8) is 0 Å². The summed E-state index contributed by atoms with van der Waals surface area (Å²) in [6.07, 6.45) is 0.772. The first kappa shape index (κ1) is 16.4. The average Bonchev–Trinajstić information content (AvgIpc) is 2.54. The zero-order chi connectivity index (χ0) is 17.5. The van der Waals surface area contributed by atoms with Crippen LogP contribution >= 0.6 is 0 Å². The first-order valence-electron chi connectivity index (χ1n) is 7.44. The van der Waals surface area contributed by atoms with Crippen LogP contribution in [-0.2, 0) is 16.4 Å². The van der Waals surface area contributed by atoms with Gasteiger partial charge in [-0.15, -0.1) is 0 Å². The Morgan fingerprint density at radius 2 is 1.96 bits per heavy atom. The zero-order valence-corrected chi connectivity index (χ0v) is 13.9. The van der Waals surface area contributed by atoms with E-state index < -0.39 is 14.9 Å². The third kappa shape index (κ3) is 2.85. The second-order valence-electron chi connectivity index (χ2n) is 5.77. The zero-order valence-electron chi connectivity index (χ0n) is 13.0. The van der Waals surface area contributed by atoms with Crippen LogP contribution in [0, 0.1) is 10.1 Å². The summed E-state index contributed by atoms with van der Waals surface area (Å²) < 4.78 is 22.9. The maximum absolute atomic E-state index is 11.5. The number of hydrogen-bond donors (Lipinski definition) is 1. The smallest absolute Gasteiger partial charge is 0.293 e. The van der Waals surface area contributed by atoms with Crippen LogP contribution in [0.25, 0.3) is 0 Å². The highest BCUT2D eigenvalue weighted by Crippen LogP contribution is 2.38. The van der Waals surface area contributed by atoms with Crippen molar-refractivity contribution in [1.82, 2.24) is 0 Å². The first-order valence-corrected chi connectivity index (χ1v) is 8.99. The topological polar surface area (TPSA) is 107 Å². The second kappa shape index (κ2) is 5.88. The van der Waals surface area contributed by atoms with Crippen molar-refractivity contribution in [2.24, 2.45) is 5.14 Å². The van der Waals surface area contributed by atoms with E-state index in [0.29, 0.717) is 12.2 Å². The van der Waals surface area contributed by atoms with Gasteiger partial charge in [-0.3, -0.25) is 10.1 Å². The molecule has 1 aliphatic rings. The summed E-state index contributed by atoms with van der Waals surface area (Å²) in [5.41, 5.74) is 2.49. The van der Waals surface area contributed by atoms with Gasteiger partial charge in [-0.25, -0.2) is 13.6 Å². The van der Waals surface area contributed by atoms with Gasteiger partial charge < -0.3 is 4.90 Å². The van der Waals surface area contributed by atoms with Gasteiger partial charge in [0.25, 0.3) is 5.69 Å². The number of nitro benzene ring substituents is 1. The Kier molecular flexibility index (Phi) is 4.02. The molecule has 8 heteroatoms. The van der Waals surface area contributed by atoms with Crippen LogP contribution in [-0.4, -0.2) is 19.9 Å². The van der Waals surface area contributed by atoms with Crippen LogP contribution in [0.2, 0.25) is 0 Å². The molecule has 24 heavy (non-hydrogen) atoms. The van der Waals surface area contributed by atoms with E-state index in [9.17, 15) is 18.5 Å². The van der Waals surface area contributed by atoms with Gasteiger partial charge in [-0.05, 0) is 36.6 Å². The van der Waals surface area contributed by atoms with Crippen LogP contribution < -0.4 is 10.0 Å². The molecule has 0 bridgehead atoms. The minimum atomic E-state index is -3.99. The van der Waals surface area contributed by atoms with Gasteiger partial charge in [0, 0.05) is 12.6 Å². The van der Waals surface area contributed by atoms with E-state index >= 15 is 0 Å². The van der Waals surface area contributed by atoms with Crippen LogP contribution in [0.15, 0.2) is 47.4 Å². The molecular weight excluding hydrogens is 330 g/mol. The lowest BCUT2D eigenvalue weighted by molar-refractivity contribution is -0.384. The maximum Gasteiger partial charge on any atom is 0.293 e. The number of benzene rings is 2. The Morgan fingerprint density at radius 1 is 1.25 bits per heavy atom. The van der Waals surface area contributed by atoms with Gasteiger partial charge in [-0.2, -0.15) is 0 Å². The van der Waals surface area contributed by atoms with E-state index in [1.165, 1.54) is 17.7 Å². The van der Waals surface area contributed by atoms with Gasteiger partial charge in [0.2, 0.25) is 10.0 Å². The molecule has 0 amide bonds. The molecule has 0 aliphatic carbocycles. The largest absolute Gasteiger partial charge is 0.359 e. The minimum absolute atomic E-state index is 0.0472. The molecule has 0 aromatic heterocycles. The lowest BCUT2D eigenvalue weighted by Crippen LogP contribution is -2.34. The summed E-state index contributed by atoms with van der Waals surface area (Å²) in [6, 6.07) is 11.7.